The number of nitrogens with one attached hydrogen (secondary N) is 3. The molecule has 8 heteroatoms. The number of carbonyl (C=O) groups excluding carboxylic acids is 2. The molecule has 0 bridgehead atoms. The topological polar surface area (TPSA) is 99.8 Å². The van der Waals surface area contributed by atoms with E-state index in [1.54, 1.807) is 0 Å². The van der Waals surface area contributed by atoms with Crippen molar-refractivity contribution < 1.29 is 9.59 Å². The molecular formula is C11H15N5O2S. The van der Waals surface area contributed by atoms with E-state index in [-0.39, 0.29) is 11.7 Å². The van der Waals surface area contributed by atoms with E-state index in [2.05, 4.69) is 32.4 Å². The lowest BCUT2D eigenvalue weighted by molar-refractivity contribution is -0.117. The Morgan fingerprint density at radius 3 is 3.00 bits per heavy atom. The summed E-state index contributed by atoms with van der Waals surface area (Å²) in [6.07, 6.45) is 3.82. The lowest BCUT2D eigenvalue weighted by Crippen LogP contribution is -2.40. The predicted octanol–water partition coefficient (Wildman–Crippen LogP) is 0.786. The average molecular weight is 281 g/mol. The first-order valence-corrected chi connectivity index (χ1v) is 6.91. The Hall–Kier alpha value is -1.83. The van der Waals surface area contributed by atoms with Gasteiger partial charge >= 0.3 is 6.03 Å². The zero-order valence-electron chi connectivity index (χ0n) is 10.3. The van der Waals surface area contributed by atoms with Crippen molar-refractivity contribution in [1.82, 2.24) is 25.8 Å². The molecule has 7 nitrogen and oxygen atoms in total. The zero-order chi connectivity index (χ0) is 13.7. The molecule has 3 N–H and O–H groups in total. The molecule has 102 valence electrons. The van der Waals surface area contributed by atoms with Crippen LogP contribution in [0.1, 0.15) is 24.6 Å². The first kappa shape index (κ1) is 13.6. The number of urea groups is 1. The van der Waals surface area contributed by atoms with E-state index in [0.717, 1.165) is 18.7 Å². The first-order chi connectivity index (χ1) is 9.19. The number of hydrogen-bond donors (Lipinski definition) is 3. The average Bonchev–Trinajstić information content (AvgIpc) is 3.13. The summed E-state index contributed by atoms with van der Waals surface area (Å²) < 4.78 is 0. The van der Waals surface area contributed by atoms with E-state index in [0.29, 0.717) is 17.6 Å². The Labute approximate surface area is 114 Å². The quantitative estimate of drug-likeness (QED) is 0.528. The second-order valence-electron chi connectivity index (χ2n) is 4.11. The van der Waals surface area contributed by atoms with Gasteiger partial charge in [-0.05, 0) is 12.8 Å². The Morgan fingerprint density at radius 1 is 1.53 bits per heavy atom. The monoisotopic (exact) mass is 281 g/mol. The highest BCUT2D eigenvalue weighted by atomic mass is 32.2. The molecule has 1 aliphatic rings. The second-order valence-corrected chi connectivity index (χ2v) is 5.06. The molecule has 1 aromatic heterocycles. The summed E-state index contributed by atoms with van der Waals surface area (Å²) >= 11 is 1.19. The summed E-state index contributed by atoms with van der Waals surface area (Å²) in [6.45, 7) is 3.78. The fourth-order valence-corrected chi connectivity index (χ4v) is 1.97. The van der Waals surface area contributed by atoms with Crippen LogP contribution in [0.15, 0.2) is 17.8 Å². The van der Waals surface area contributed by atoms with Crippen LogP contribution in [0, 0.1) is 0 Å². The van der Waals surface area contributed by atoms with Crippen LogP contribution in [0.5, 0.6) is 0 Å². The first-order valence-electron chi connectivity index (χ1n) is 5.92. The molecule has 0 unspecified atom stereocenters. The van der Waals surface area contributed by atoms with Crippen molar-refractivity contribution in [2.45, 2.75) is 23.9 Å². The van der Waals surface area contributed by atoms with E-state index in [1.165, 1.54) is 17.8 Å². The van der Waals surface area contributed by atoms with Gasteiger partial charge in [0.25, 0.3) is 0 Å². The summed E-state index contributed by atoms with van der Waals surface area (Å²) in [5, 5.41) is 12.1. The number of amides is 3. The van der Waals surface area contributed by atoms with Gasteiger partial charge in [-0.2, -0.15) is 0 Å². The van der Waals surface area contributed by atoms with Crippen molar-refractivity contribution in [2.75, 3.05) is 12.3 Å². The van der Waals surface area contributed by atoms with E-state index < -0.39 is 6.03 Å². The molecule has 0 aromatic carbocycles. The van der Waals surface area contributed by atoms with Gasteiger partial charge in [0.15, 0.2) is 0 Å². The van der Waals surface area contributed by atoms with Gasteiger partial charge in [0.05, 0.1) is 5.75 Å². The summed E-state index contributed by atoms with van der Waals surface area (Å²) in [7, 11) is 0. The van der Waals surface area contributed by atoms with E-state index in [1.807, 2.05) is 0 Å². The van der Waals surface area contributed by atoms with Crippen molar-refractivity contribution in [3.05, 3.63) is 18.5 Å². The highest BCUT2D eigenvalue weighted by Gasteiger charge is 2.27. The number of thioether (sulfide) groups is 1. The maximum atomic E-state index is 11.5. The normalized spacial score (nSPS) is 13.9. The van der Waals surface area contributed by atoms with E-state index >= 15 is 0 Å². The van der Waals surface area contributed by atoms with Crippen molar-refractivity contribution in [3.8, 4) is 0 Å². The molecule has 3 amide bonds. The molecule has 0 atom stereocenters. The van der Waals surface area contributed by atoms with Crippen LogP contribution >= 0.6 is 11.8 Å². The molecule has 0 spiro atoms. The maximum Gasteiger partial charge on any atom is 0.321 e. The third-order valence-corrected chi connectivity index (χ3v) is 3.29. The van der Waals surface area contributed by atoms with Gasteiger partial charge in [-0.15, -0.1) is 11.7 Å². The molecule has 1 fully saturated rings. The van der Waals surface area contributed by atoms with Crippen molar-refractivity contribution in [3.63, 3.8) is 0 Å². The number of carbonyl (C=O) groups is 2. The number of rotatable bonds is 6. The van der Waals surface area contributed by atoms with Crippen LogP contribution in [-0.4, -0.2) is 39.4 Å². The van der Waals surface area contributed by atoms with E-state index in [9.17, 15) is 9.59 Å². The minimum Gasteiger partial charge on any atom is -0.334 e. The molecule has 2 rings (SSSR count). The van der Waals surface area contributed by atoms with Crippen LogP contribution in [0.2, 0.25) is 0 Å². The fourth-order valence-electron chi connectivity index (χ4n) is 1.36. The number of imide groups is 1. The molecule has 1 aromatic rings. The molecule has 1 aliphatic carbocycles. The highest BCUT2D eigenvalue weighted by Crippen LogP contribution is 2.38. The molecule has 19 heavy (non-hydrogen) atoms. The van der Waals surface area contributed by atoms with Crippen molar-refractivity contribution in [1.29, 1.82) is 0 Å². The van der Waals surface area contributed by atoms with Gasteiger partial charge in [0, 0.05) is 12.5 Å². The number of aromatic nitrogens is 3. The number of H-pyrrole nitrogens is 1. The minimum absolute atomic E-state index is 0.101. The second kappa shape index (κ2) is 6.37. The standard InChI is InChI=1S/C11H15N5O2S/c1-2-5-12-10(18)13-8(17)6-19-11-14-9(15-16-11)7-3-4-7/h2,7H,1,3-6H2,(H,14,15,16)(H2,12,13,17,18). The maximum absolute atomic E-state index is 11.5. The van der Waals surface area contributed by atoms with E-state index in [4.69, 9.17) is 0 Å². The Bertz CT molecular complexity index is 483. The Morgan fingerprint density at radius 2 is 2.32 bits per heavy atom. The highest BCUT2D eigenvalue weighted by molar-refractivity contribution is 7.99. The molecule has 1 saturated carbocycles. The number of nitrogens with zero attached hydrogens (tertiary/aromatic N) is 2. The van der Waals surface area contributed by atoms with Gasteiger partial charge in [-0.25, -0.2) is 9.78 Å². The van der Waals surface area contributed by atoms with Gasteiger partial charge in [-0.3, -0.25) is 15.2 Å². The van der Waals surface area contributed by atoms with Gasteiger partial charge in [0.1, 0.15) is 5.82 Å². The largest absolute Gasteiger partial charge is 0.334 e. The summed E-state index contributed by atoms with van der Waals surface area (Å²) in [5.41, 5.74) is 0. The van der Waals surface area contributed by atoms with Crippen LogP contribution in [0.4, 0.5) is 4.79 Å². The third-order valence-electron chi connectivity index (χ3n) is 2.44. The van der Waals surface area contributed by atoms with Crippen LogP contribution in [-0.2, 0) is 4.79 Å². The summed E-state index contributed by atoms with van der Waals surface area (Å²) in [4.78, 5) is 26.9. The molecule has 0 radical (unpaired) electrons. The SMILES string of the molecule is C=CCNC(=O)NC(=O)CSc1n[nH]c(C2CC2)n1. The summed E-state index contributed by atoms with van der Waals surface area (Å²) in [5.74, 6) is 1.10. The molecular weight excluding hydrogens is 266 g/mol. The van der Waals surface area contributed by atoms with Crippen molar-refractivity contribution >= 4 is 23.7 Å². The predicted molar refractivity (Wildman–Crippen MR) is 70.8 cm³/mol. The van der Waals surface area contributed by atoms with Gasteiger partial charge in [0.2, 0.25) is 11.1 Å². The third kappa shape index (κ3) is 4.40. The van der Waals surface area contributed by atoms with Crippen molar-refractivity contribution in [2.24, 2.45) is 0 Å². The smallest absolute Gasteiger partial charge is 0.321 e. The van der Waals surface area contributed by atoms with Crippen LogP contribution in [0.3, 0.4) is 0 Å². The molecule has 1 heterocycles. The van der Waals surface area contributed by atoms with Gasteiger partial charge in [-0.1, -0.05) is 17.8 Å². The lowest BCUT2D eigenvalue weighted by atomic mass is 10.4. The van der Waals surface area contributed by atoms with Crippen LogP contribution in [0.25, 0.3) is 0 Å². The summed E-state index contributed by atoms with van der Waals surface area (Å²) in [6, 6.07) is -0.529. The Kier molecular flexibility index (Phi) is 4.56. The lowest BCUT2D eigenvalue weighted by Gasteiger charge is -2.03. The minimum atomic E-state index is -0.529. The number of aromatic amines is 1. The fraction of sp³-hybridized carbons (Fsp3) is 0.455. The molecule has 0 aliphatic heterocycles. The Balaban J connectivity index is 1.70. The number of hydrogen-bond acceptors (Lipinski definition) is 5. The van der Waals surface area contributed by atoms with Crippen LogP contribution < -0.4 is 10.6 Å². The van der Waals surface area contributed by atoms with Gasteiger partial charge < -0.3 is 5.32 Å². The molecule has 0 saturated heterocycles. The zero-order valence-corrected chi connectivity index (χ0v) is 11.1.